The predicted molar refractivity (Wildman–Crippen MR) is 69.3 cm³/mol. The van der Waals surface area contributed by atoms with Crippen LogP contribution in [0.4, 0.5) is 4.79 Å². The lowest BCUT2D eigenvalue weighted by Crippen LogP contribution is -2.43. The molecule has 1 amide bonds. The van der Waals surface area contributed by atoms with Crippen molar-refractivity contribution < 1.29 is 9.53 Å². The van der Waals surface area contributed by atoms with E-state index in [4.69, 9.17) is 4.74 Å². The molecule has 1 saturated carbocycles. The highest BCUT2D eigenvalue weighted by Crippen LogP contribution is 2.65. The van der Waals surface area contributed by atoms with Gasteiger partial charge in [0.15, 0.2) is 0 Å². The maximum absolute atomic E-state index is 12.0. The van der Waals surface area contributed by atoms with Crippen molar-refractivity contribution >= 4 is 6.09 Å². The molecule has 0 radical (unpaired) electrons. The Balaban J connectivity index is 1.53. The van der Waals surface area contributed by atoms with Crippen LogP contribution in [0.5, 0.6) is 0 Å². The van der Waals surface area contributed by atoms with Gasteiger partial charge in [-0.25, -0.2) is 4.79 Å². The summed E-state index contributed by atoms with van der Waals surface area (Å²) in [6, 6.07) is 0. The average Bonchev–Trinajstić information content (AvgIpc) is 2.69. The van der Waals surface area contributed by atoms with E-state index in [-0.39, 0.29) is 11.7 Å². The number of hydrogen-bond acceptors (Lipinski definition) is 3. The summed E-state index contributed by atoms with van der Waals surface area (Å²) in [5.74, 6) is 1.77. The minimum atomic E-state index is -0.383. The third-order valence-corrected chi connectivity index (χ3v) is 4.93. The Morgan fingerprint density at radius 2 is 1.78 bits per heavy atom. The van der Waals surface area contributed by atoms with Crippen LogP contribution in [0.3, 0.4) is 0 Å². The van der Waals surface area contributed by atoms with E-state index in [9.17, 15) is 4.79 Å². The number of ether oxygens (including phenoxy) is 1. The van der Waals surface area contributed by atoms with Crippen molar-refractivity contribution in [2.24, 2.45) is 17.3 Å². The number of nitrogens with one attached hydrogen (secondary N) is 1. The summed E-state index contributed by atoms with van der Waals surface area (Å²) < 4.78 is 5.43. The fraction of sp³-hybridized carbons (Fsp3) is 0.929. The Morgan fingerprint density at radius 1 is 1.22 bits per heavy atom. The minimum absolute atomic E-state index is 0.138. The Morgan fingerprint density at radius 3 is 2.28 bits per heavy atom. The molecule has 3 aliphatic rings. The number of carbonyl (C=O) groups excluding carboxylic acids is 1. The van der Waals surface area contributed by atoms with Crippen molar-refractivity contribution in [3.05, 3.63) is 0 Å². The highest BCUT2D eigenvalue weighted by molar-refractivity contribution is 5.68. The molecule has 3 rings (SSSR count). The molecule has 2 heterocycles. The minimum Gasteiger partial charge on any atom is -0.444 e. The molecule has 0 aromatic heterocycles. The standard InChI is InChI=1S/C14H24N2O2/c1-13(2,3)18-12(17)16-6-4-14(5-7-16)10-8-15-9-11(10)14/h10-11,15H,4-9H2,1-3H3. The molecule has 4 nitrogen and oxygen atoms in total. The maximum Gasteiger partial charge on any atom is 0.410 e. The van der Waals surface area contributed by atoms with E-state index >= 15 is 0 Å². The molecule has 2 unspecified atom stereocenters. The lowest BCUT2D eigenvalue weighted by Gasteiger charge is -2.35. The normalized spacial score (nSPS) is 33.4. The van der Waals surface area contributed by atoms with Crippen molar-refractivity contribution in [1.82, 2.24) is 10.2 Å². The Hall–Kier alpha value is -0.770. The molecule has 18 heavy (non-hydrogen) atoms. The van der Waals surface area contributed by atoms with Gasteiger partial charge in [-0.1, -0.05) is 0 Å². The van der Waals surface area contributed by atoms with Crippen molar-refractivity contribution in [2.75, 3.05) is 26.2 Å². The number of rotatable bonds is 0. The molecule has 0 bridgehead atoms. The summed E-state index contributed by atoms with van der Waals surface area (Å²) in [5, 5.41) is 3.45. The molecule has 1 aliphatic carbocycles. The molecule has 2 aliphatic heterocycles. The summed E-state index contributed by atoms with van der Waals surface area (Å²) in [6.07, 6.45) is 2.20. The summed E-state index contributed by atoms with van der Waals surface area (Å²) in [6.45, 7) is 9.91. The molecule has 1 spiro atoms. The number of nitrogens with zero attached hydrogens (tertiary/aromatic N) is 1. The molecule has 3 fully saturated rings. The lowest BCUT2D eigenvalue weighted by molar-refractivity contribution is 0.0155. The first kappa shape index (κ1) is 12.3. The van der Waals surface area contributed by atoms with Gasteiger partial charge in [-0.05, 0) is 64.0 Å². The van der Waals surface area contributed by atoms with Crippen LogP contribution in [0.2, 0.25) is 0 Å². The van der Waals surface area contributed by atoms with Crippen LogP contribution in [-0.2, 0) is 4.74 Å². The molecule has 2 saturated heterocycles. The SMILES string of the molecule is CC(C)(C)OC(=O)N1CCC2(CC1)C1CNCC12. The summed E-state index contributed by atoms with van der Waals surface area (Å²) >= 11 is 0. The first-order valence-electron chi connectivity index (χ1n) is 7.11. The molecule has 2 atom stereocenters. The van der Waals surface area contributed by atoms with E-state index in [2.05, 4.69) is 5.32 Å². The molecular weight excluding hydrogens is 228 g/mol. The first-order valence-corrected chi connectivity index (χ1v) is 7.11. The fourth-order valence-electron chi connectivity index (χ4n) is 3.93. The van der Waals surface area contributed by atoms with Crippen LogP contribution < -0.4 is 5.32 Å². The van der Waals surface area contributed by atoms with Crippen LogP contribution in [0.25, 0.3) is 0 Å². The van der Waals surface area contributed by atoms with Crippen LogP contribution >= 0.6 is 0 Å². The topological polar surface area (TPSA) is 41.6 Å². The molecule has 0 aromatic carbocycles. The van der Waals surface area contributed by atoms with Crippen LogP contribution in [0.15, 0.2) is 0 Å². The third kappa shape index (κ3) is 1.91. The first-order chi connectivity index (χ1) is 8.42. The number of likely N-dealkylation sites (tertiary alicyclic amines) is 1. The van der Waals surface area contributed by atoms with Gasteiger partial charge >= 0.3 is 6.09 Å². The number of hydrogen-bond donors (Lipinski definition) is 1. The highest BCUT2D eigenvalue weighted by atomic mass is 16.6. The van der Waals surface area contributed by atoms with Gasteiger partial charge in [-0.2, -0.15) is 0 Å². The monoisotopic (exact) mass is 252 g/mol. The predicted octanol–water partition coefficient (Wildman–Crippen LogP) is 1.85. The van der Waals surface area contributed by atoms with Gasteiger partial charge in [0.1, 0.15) is 5.60 Å². The van der Waals surface area contributed by atoms with Gasteiger partial charge in [-0.15, -0.1) is 0 Å². The van der Waals surface area contributed by atoms with E-state index in [0.717, 1.165) is 24.9 Å². The van der Waals surface area contributed by atoms with E-state index in [0.29, 0.717) is 5.41 Å². The molecule has 0 aromatic rings. The van der Waals surface area contributed by atoms with E-state index in [1.807, 2.05) is 25.7 Å². The second kappa shape index (κ2) is 3.86. The van der Waals surface area contributed by atoms with Gasteiger partial charge in [-0.3, -0.25) is 0 Å². The van der Waals surface area contributed by atoms with Gasteiger partial charge in [0.05, 0.1) is 0 Å². The van der Waals surface area contributed by atoms with E-state index < -0.39 is 0 Å². The van der Waals surface area contributed by atoms with Crippen LogP contribution in [0.1, 0.15) is 33.6 Å². The molecule has 1 N–H and O–H groups in total. The number of amides is 1. The molecule has 102 valence electrons. The lowest BCUT2D eigenvalue weighted by atomic mass is 9.88. The zero-order valence-electron chi connectivity index (χ0n) is 11.7. The molecule has 4 heteroatoms. The number of carbonyl (C=O) groups is 1. The zero-order chi connectivity index (χ0) is 13.0. The largest absolute Gasteiger partial charge is 0.444 e. The van der Waals surface area contributed by atoms with Crippen molar-refractivity contribution in [1.29, 1.82) is 0 Å². The number of fused-ring (bicyclic) bond motifs is 3. The smallest absolute Gasteiger partial charge is 0.410 e. The van der Waals surface area contributed by atoms with E-state index in [1.54, 1.807) is 0 Å². The Kier molecular flexibility index (Phi) is 2.63. The fourth-order valence-corrected chi connectivity index (χ4v) is 3.93. The Bertz CT molecular complexity index is 341. The van der Waals surface area contributed by atoms with Gasteiger partial charge in [0.2, 0.25) is 0 Å². The Labute approximate surface area is 109 Å². The molecular formula is C14H24N2O2. The van der Waals surface area contributed by atoms with Crippen LogP contribution in [-0.4, -0.2) is 42.8 Å². The second-order valence-electron chi connectivity index (χ2n) is 7.07. The number of piperidine rings is 2. The van der Waals surface area contributed by atoms with Crippen molar-refractivity contribution in [3.8, 4) is 0 Å². The summed E-state index contributed by atoms with van der Waals surface area (Å²) in [7, 11) is 0. The quantitative estimate of drug-likeness (QED) is 0.715. The summed E-state index contributed by atoms with van der Waals surface area (Å²) in [5.41, 5.74) is 0.190. The second-order valence-corrected chi connectivity index (χ2v) is 7.07. The van der Waals surface area contributed by atoms with Crippen molar-refractivity contribution in [2.45, 2.75) is 39.2 Å². The third-order valence-electron chi connectivity index (χ3n) is 4.93. The van der Waals surface area contributed by atoms with Crippen LogP contribution in [0, 0.1) is 17.3 Å². The zero-order valence-corrected chi connectivity index (χ0v) is 11.7. The van der Waals surface area contributed by atoms with Gasteiger partial charge in [0, 0.05) is 13.1 Å². The summed E-state index contributed by atoms with van der Waals surface area (Å²) in [4.78, 5) is 13.9. The van der Waals surface area contributed by atoms with E-state index in [1.165, 1.54) is 25.9 Å². The maximum atomic E-state index is 12.0. The average molecular weight is 252 g/mol. The van der Waals surface area contributed by atoms with Gasteiger partial charge in [0.25, 0.3) is 0 Å². The van der Waals surface area contributed by atoms with Crippen molar-refractivity contribution in [3.63, 3.8) is 0 Å². The van der Waals surface area contributed by atoms with Gasteiger partial charge < -0.3 is 15.0 Å². The highest BCUT2D eigenvalue weighted by Gasteiger charge is 2.66.